The minimum absolute atomic E-state index is 0.0743. The largest absolute Gasteiger partial charge is 0.461 e. The minimum atomic E-state index is -0.922. The van der Waals surface area contributed by atoms with E-state index in [0.717, 1.165) is 11.9 Å². The van der Waals surface area contributed by atoms with E-state index in [-0.39, 0.29) is 54.7 Å². The monoisotopic (exact) mass is 579 g/mol. The predicted octanol–water partition coefficient (Wildman–Crippen LogP) is 3.71. The third-order valence-corrected chi connectivity index (χ3v) is 8.61. The van der Waals surface area contributed by atoms with Crippen LogP contribution in [0.15, 0.2) is 23.8 Å². The highest BCUT2D eigenvalue weighted by molar-refractivity contribution is 5.91. The van der Waals surface area contributed by atoms with Crippen LogP contribution in [-0.2, 0) is 28.6 Å². The topological polar surface area (TPSA) is 123 Å². The van der Waals surface area contributed by atoms with Crippen molar-refractivity contribution in [3.8, 4) is 0 Å². The Balaban J connectivity index is 2.49. The molecule has 0 aromatic rings. The third kappa shape index (κ3) is 10.1. The Morgan fingerprint density at radius 3 is 2.34 bits per heavy atom. The molecule has 0 bridgehead atoms. The van der Waals surface area contributed by atoms with Crippen LogP contribution >= 0.6 is 0 Å². The van der Waals surface area contributed by atoms with Gasteiger partial charge < -0.3 is 34.1 Å². The molecule has 0 radical (unpaired) electrons. The van der Waals surface area contributed by atoms with Crippen LogP contribution in [0.3, 0.4) is 0 Å². The number of hydrogen-bond donors (Lipinski definition) is 2. The van der Waals surface area contributed by atoms with E-state index in [0.29, 0.717) is 25.7 Å². The molecule has 0 aliphatic carbocycles. The standard InChI is InChI=1S/C32H53NO8/c1-9-28-25(18-35)14-19(2)10-11-27(36)20(3)16-24(12-13-34)30(21(4)15-22(5)31(38)40-28)41-32-29(37)26(33(7)8)17-23(6)39-32/h10-11,13-14,20-26,28-30,32,35,37H,9,12,15-18H2,1-8H3/b11-10+,19-14+/t20-,21+,22+,23-,24?,25-,26+,28-,29-,30-,32+/m1/s1. The molecule has 0 aromatic heterocycles. The lowest BCUT2D eigenvalue weighted by Crippen LogP contribution is -2.55. The summed E-state index contributed by atoms with van der Waals surface area (Å²) in [6.45, 7) is 11.1. The molecule has 9 heteroatoms. The van der Waals surface area contributed by atoms with Gasteiger partial charge in [0.2, 0.25) is 0 Å². The van der Waals surface area contributed by atoms with E-state index in [2.05, 4.69) is 0 Å². The van der Waals surface area contributed by atoms with E-state index in [9.17, 15) is 24.6 Å². The summed E-state index contributed by atoms with van der Waals surface area (Å²) >= 11 is 0. The first kappa shape index (κ1) is 35.3. The second-order valence-corrected chi connectivity index (χ2v) is 12.5. The quantitative estimate of drug-likeness (QED) is 0.343. The molecule has 0 saturated carbocycles. The zero-order valence-corrected chi connectivity index (χ0v) is 26.2. The summed E-state index contributed by atoms with van der Waals surface area (Å²) in [6.07, 6.45) is 5.00. The molecule has 2 rings (SSSR count). The van der Waals surface area contributed by atoms with Crippen LogP contribution in [0, 0.1) is 29.6 Å². The zero-order valence-electron chi connectivity index (χ0n) is 26.2. The molecule has 9 nitrogen and oxygen atoms in total. The number of hydrogen-bond acceptors (Lipinski definition) is 9. The molecule has 1 unspecified atom stereocenters. The number of likely N-dealkylation sites (N-methyl/N-ethyl adjacent to an activating group) is 1. The van der Waals surface area contributed by atoms with E-state index in [1.54, 1.807) is 13.0 Å². The van der Waals surface area contributed by atoms with E-state index >= 15 is 0 Å². The van der Waals surface area contributed by atoms with Gasteiger partial charge >= 0.3 is 5.97 Å². The summed E-state index contributed by atoms with van der Waals surface area (Å²) in [4.78, 5) is 40.2. The Labute approximate surface area is 246 Å². The molecule has 1 fully saturated rings. The van der Waals surface area contributed by atoms with Crippen molar-refractivity contribution in [2.75, 3.05) is 20.7 Å². The lowest BCUT2D eigenvalue weighted by atomic mass is 9.79. The third-order valence-electron chi connectivity index (χ3n) is 8.61. The highest BCUT2D eigenvalue weighted by Gasteiger charge is 2.42. The average molecular weight is 580 g/mol. The summed E-state index contributed by atoms with van der Waals surface area (Å²) in [5.41, 5.74) is 0.784. The van der Waals surface area contributed by atoms with Crippen molar-refractivity contribution in [2.24, 2.45) is 29.6 Å². The highest BCUT2D eigenvalue weighted by atomic mass is 16.7. The number of aldehydes is 1. The second-order valence-electron chi connectivity index (χ2n) is 12.5. The molecule has 11 atom stereocenters. The van der Waals surface area contributed by atoms with Gasteiger partial charge in [-0.2, -0.15) is 0 Å². The van der Waals surface area contributed by atoms with Crippen LogP contribution in [0.2, 0.25) is 0 Å². The number of ether oxygens (including phenoxy) is 3. The van der Waals surface area contributed by atoms with Crippen LogP contribution < -0.4 is 0 Å². The van der Waals surface area contributed by atoms with Gasteiger partial charge in [0, 0.05) is 24.3 Å². The number of allylic oxidation sites excluding steroid dienone is 3. The number of aliphatic hydroxyl groups excluding tert-OH is 2. The van der Waals surface area contributed by atoms with Crippen LogP contribution in [0.4, 0.5) is 0 Å². The number of rotatable bonds is 7. The van der Waals surface area contributed by atoms with E-state index in [1.165, 1.54) is 6.08 Å². The van der Waals surface area contributed by atoms with Gasteiger partial charge in [0.1, 0.15) is 18.5 Å². The average Bonchev–Trinajstić information content (AvgIpc) is 2.92. The Kier molecular flexibility index (Phi) is 14.3. The van der Waals surface area contributed by atoms with Crippen molar-refractivity contribution in [1.82, 2.24) is 4.90 Å². The molecule has 234 valence electrons. The first-order valence-corrected chi connectivity index (χ1v) is 15.1. The van der Waals surface area contributed by atoms with E-state index in [4.69, 9.17) is 14.2 Å². The first-order valence-electron chi connectivity index (χ1n) is 15.1. The van der Waals surface area contributed by atoms with Crippen LogP contribution in [0.1, 0.15) is 73.6 Å². The van der Waals surface area contributed by atoms with Gasteiger partial charge in [0.15, 0.2) is 12.1 Å². The molecule has 2 aliphatic rings. The number of cyclic esters (lactones) is 1. The number of carbonyl (C=O) groups excluding carboxylic acids is 3. The van der Waals surface area contributed by atoms with Gasteiger partial charge in [0.25, 0.3) is 0 Å². The highest BCUT2D eigenvalue weighted by Crippen LogP contribution is 2.34. The number of carbonyl (C=O) groups is 3. The Hall–Kier alpha value is -1.91. The van der Waals surface area contributed by atoms with Gasteiger partial charge in [-0.15, -0.1) is 0 Å². The molecule has 2 N–H and O–H groups in total. The molecule has 2 aliphatic heterocycles. The van der Waals surface area contributed by atoms with Gasteiger partial charge in [-0.25, -0.2) is 0 Å². The van der Waals surface area contributed by atoms with Crippen molar-refractivity contribution in [1.29, 1.82) is 0 Å². The number of nitrogens with zero attached hydrogens (tertiary/aromatic N) is 1. The van der Waals surface area contributed by atoms with E-state index < -0.39 is 36.4 Å². The molecular weight excluding hydrogens is 526 g/mol. The molecular formula is C32H53NO8. The molecule has 0 amide bonds. The second kappa shape index (κ2) is 16.7. The van der Waals surface area contributed by atoms with Gasteiger partial charge in [-0.1, -0.05) is 45.4 Å². The first-order chi connectivity index (χ1) is 19.3. The molecule has 2 heterocycles. The fourth-order valence-electron chi connectivity index (χ4n) is 6.15. The number of esters is 1. The van der Waals surface area contributed by atoms with Crippen molar-refractivity contribution in [2.45, 2.75) is 110 Å². The zero-order chi connectivity index (χ0) is 30.9. The Bertz CT molecular complexity index is 917. The maximum Gasteiger partial charge on any atom is 0.308 e. The summed E-state index contributed by atoms with van der Waals surface area (Å²) in [7, 11) is 3.81. The van der Waals surface area contributed by atoms with Crippen LogP contribution in [-0.4, -0.2) is 90.6 Å². The summed E-state index contributed by atoms with van der Waals surface area (Å²) in [5.74, 6) is -2.27. The Morgan fingerprint density at radius 1 is 1.07 bits per heavy atom. The SMILES string of the molecule is CC[C@H]1OC(=O)[C@@H](C)C[C@H](C)[C@@H](O[C@@H]2O[C@H](C)C[C@H](N(C)C)[C@H]2O)C(CC=O)C[C@@H](C)C(=O)/C=C/C(C)=C/[C@@H]1CO. The molecule has 41 heavy (non-hydrogen) atoms. The molecule has 0 spiro atoms. The van der Waals surface area contributed by atoms with Crippen molar-refractivity contribution < 1.29 is 38.8 Å². The fourth-order valence-corrected chi connectivity index (χ4v) is 6.15. The smallest absolute Gasteiger partial charge is 0.308 e. The predicted molar refractivity (Wildman–Crippen MR) is 157 cm³/mol. The Morgan fingerprint density at radius 2 is 1.76 bits per heavy atom. The fraction of sp³-hybridized carbons (Fsp3) is 0.781. The molecule has 1 saturated heterocycles. The maximum absolute atomic E-state index is 13.2. The van der Waals surface area contributed by atoms with Gasteiger partial charge in [0.05, 0.1) is 24.7 Å². The normalized spacial score (nSPS) is 40.5. The van der Waals surface area contributed by atoms with Crippen LogP contribution in [0.5, 0.6) is 0 Å². The van der Waals surface area contributed by atoms with Gasteiger partial charge in [-0.3, -0.25) is 9.59 Å². The summed E-state index contributed by atoms with van der Waals surface area (Å²) in [5, 5.41) is 21.2. The van der Waals surface area contributed by atoms with Crippen molar-refractivity contribution in [3.05, 3.63) is 23.8 Å². The lowest BCUT2D eigenvalue weighted by Gasteiger charge is -2.44. The van der Waals surface area contributed by atoms with Crippen LogP contribution in [0.25, 0.3) is 0 Å². The van der Waals surface area contributed by atoms with Crippen molar-refractivity contribution >= 4 is 18.0 Å². The maximum atomic E-state index is 13.2. The number of ketones is 1. The summed E-state index contributed by atoms with van der Waals surface area (Å²) < 4.78 is 18.5. The lowest BCUT2D eigenvalue weighted by molar-refractivity contribution is -0.280. The van der Waals surface area contributed by atoms with Gasteiger partial charge in [-0.05, 0) is 71.5 Å². The van der Waals surface area contributed by atoms with E-state index in [1.807, 2.05) is 59.7 Å². The minimum Gasteiger partial charge on any atom is -0.461 e. The van der Waals surface area contributed by atoms with Crippen molar-refractivity contribution in [3.63, 3.8) is 0 Å². The number of aliphatic hydroxyl groups is 2. The molecule has 0 aromatic carbocycles. The summed E-state index contributed by atoms with van der Waals surface area (Å²) in [6, 6.07) is -0.170.